The summed E-state index contributed by atoms with van der Waals surface area (Å²) in [6.45, 7) is 2.00. The molecule has 0 fully saturated rings. The number of rotatable bonds is 5. The Morgan fingerprint density at radius 1 is 1.41 bits per heavy atom. The van der Waals surface area contributed by atoms with Crippen molar-refractivity contribution in [2.24, 2.45) is 5.73 Å². The molecule has 4 N–H and O–H groups in total. The Hall–Kier alpha value is -2.11. The Morgan fingerprint density at radius 3 is 2.71 bits per heavy atom. The molecule has 2 amide bonds. The Kier molecular flexibility index (Phi) is 4.45. The zero-order valence-electron chi connectivity index (χ0n) is 9.42. The monoisotopic (exact) mass is 239 g/mol. The van der Waals surface area contributed by atoms with E-state index in [1.54, 1.807) is 6.92 Å². The number of para-hydroxylation sites is 1. The first-order chi connectivity index (χ1) is 8.06. The maximum Gasteiger partial charge on any atom is 0.253 e. The highest BCUT2D eigenvalue weighted by Crippen LogP contribution is 2.19. The van der Waals surface area contributed by atoms with Gasteiger partial charge in [0.2, 0.25) is 5.91 Å². The molecule has 0 saturated carbocycles. The molecule has 0 bridgehead atoms. The number of anilines is 1. The third-order valence-electron chi connectivity index (χ3n) is 2.03. The predicted octanol–water partition coefficient (Wildman–Crippen LogP) is 0.473. The fourth-order valence-electron chi connectivity index (χ4n) is 1.33. The van der Waals surface area contributed by atoms with Gasteiger partial charge in [-0.2, -0.15) is 0 Å². The Bertz CT molecular complexity index is 435. The zero-order chi connectivity index (χ0) is 12.8. The number of benzene rings is 1. The average molecular weight is 239 g/mol. The maximum absolute atomic E-state index is 13.5. The van der Waals surface area contributed by atoms with Crippen molar-refractivity contribution < 1.29 is 14.0 Å². The molecule has 5 nitrogen and oxygen atoms in total. The van der Waals surface area contributed by atoms with E-state index in [1.165, 1.54) is 18.2 Å². The third kappa shape index (κ3) is 3.44. The van der Waals surface area contributed by atoms with Gasteiger partial charge in [0.1, 0.15) is 5.82 Å². The molecule has 0 atom stereocenters. The quantitative estimate of drug-likeness (QED) is 0.698. The van der Waals surface area contributed by atoms with Gasteiger partial charge in [0.15, 0.2) is 0 Å². The zero-order valence-corrected chi connectivity index (χ0v) is 9.42. The summed E-state index contributed by atoms with van der Waals surface area (Å²) in [5.41, 5.74) is 5.17. The number of carbonyl (C=O) groups excluding carboxylic acids is 2. The van der Waals surface area contributed by atoms with Crippen LogP contribution in [0.3, 0.4) is 0 Å². The fourth-order valence-corrected chi connectivity index (χ4v) is 1.33. The molecule has 0 heterocycles. The van der Waals surface area contributed by atoms with Gasteiger partial charge < -0.3 is 16.4 Å². The van der Waals surface area contributed by atoms with Crippen molar-refractivity contribution in [3.8, 4) is 0 Å². The number of carbonyl (C=O) groups is 2. The summed E-state index contributed by atoms with van der Waals surface area (Å²) in [5, 5.41) is 5.07. The largest absolute Gasteiger partial charge is 0.382 e. The summed E-state index contributed by atoms with van der Waals surface area (Å²) in [7, 11) is 0. The van der Waals surface area contributed by atoms with E-state index in [0.29, 0.717) is 6.54 Å². The van der Waals surface area contributed by atoms with Crippen LogP contribution in [-0.4, -0.2) is 24.9 Å². The highest BCUT2D eigenvalue weighted by atomic mass is 19.1. The van der Waals surface area contributed by atoms with Crippen molar-refractivity contribution in [3.05, 3.63) is 29.6 Å². The number of amides is 2. The first kappa shape index (κ1) is 13.0. The number of hydrogen-bond acceptors (Lipinski definition) is 3. The van der Waals surface area contributed by atoms with Gasteiger partial charge in [-0.1, -0.05) is 6.07 Å². The number of hydrogen-bond donors (Lipinski definition) is 3. The minimum atomic E-state index is -0.653. The summed E-state index contributed by atoms with van der Waals surface area (Å²) in [6, 6.07) is 4.15. The van der Waals surface area contributed by atoms with Crippen LogP contribution < -0.4 is 16.4 Å². The van der Waals surface area contributed by atoms with Crippen molar-refractivity contribution in [1.29, 1.82) is 0 Å². The van der Waals surface area contributed by atoms with Crippen molar-refractivity contribution in [2.45, 2.75) is 6.92 Å². The molecule has 0 aliphatic heterocycles. The second-order valence-corrected chi connectivity index (χ2v) is 3.34. The van der Waals surface area contributed by atoms with E-state index in [-0.39, 0.29) is 17.8 Å². The van der Waals surface area contributed by atoms with Crippen LogP contribution in [0, 0.1) is 5.82 Å². The molecule has 0 spiro atoms. The summed E-state index contributed by atoms with van der Waals surface area (Å²) in [6.07, 6.45) is 0. The summed E-state index contributed by atoms with van der Waals surface area (Å²) in [4.78, 5) is 22.2. The van der Waals surface area contributed by atoms with Crippen LogP contribution in [0.15, 0.2) is 18.2 Å². The number of primary amides is 1. The number of nitrogens with two attached hydrogens (primary N) is 1. The van der Waals surface area contributed by atoms with Gasteiger partial charge in [-0.15, -0.1) is 0 Å². The van der Waals surface area contributed by atoms with Gasteiger partial charge in [-0.3, -0.25) is 9.59 Å². The van der Waals surface area contributed by atoms with Crippen molar-refractivity contribution in [2.75, 3.05) is 18.4 Å². The second kappa shape index (κ2) is 5.83. The molecule has 0 aliphatic carbocycles. The molecule has 0 saturated heterocycles. The van der Waals surface area contributed by atoms with E-state index in [2.05, 4.69) is 10.6 Å². The highest BCUT2D eigenvalue weighted by molar-refractivity contribution is 6.01. The van der Waals surface area contributed by atoms with Gasteiger partial charge in [-0.05, 0) is 19.1 Å². The predicted molar refractivity (Wildman–Crippen MR) is 62.1 cm³/mol. The topological polar surface area (TPSA) is 84.2 Å². The Labute approximate surface area is 98.2 Å². The Balaban J connectivity index is 2.92. The van der Waals surface area contributed by atoms with Crippen LogP contribution in [0.5, 0.6) is 0 Å². The number of nitrogens with one attached hydrogen (secondary N) is 2. The SMILES string of the molecule is CCNc1c(F)cccc1C(=O)NCC(N)=O. The maximum atomic E-state index is 13.5. The lowest BCUT2D eigenvalue weighted by Crippen LogP contribution is -2.33. The van der Waals surface area contributed by atoms with Crippen LogP contribution in [0.1, 0.15) is 17.3 Å². The summed E-state index contributed by atoms with van der Waals surface area (Å²) < 4.78 is 13.5. The highest BCUT2D eigenvalue weighted by Gasteiger charge is 2.14. The van der Waals surface area contributed by atoms with Crippen molar-refractivity contribution >= 4 is 17.5 Å². The second-order valence-electron chi connectivity index (χ2n) is 3.34. The minimum Gasteiger partial charge on any atom is -0.382 e. The first-order valence-electron chi connectivity index (χ1n) is 5.15. The third-order valence-corrected chi connectivity index (χ3v) is 2.03. The van der Waals surface area contributed by atoms with Gasteiger partial charge >= 0.3 is 0 Å². The molecule has 1 aromatic rings. The van der Waals surface area contributed by atoms with Gasteiger partial charge in [0, 0.05) is 6.54 Å². The standard InChI is InChI=1S/C11H14FN3O2/c1-2-14-10-7(4-3-5-8(10)12)11(17)15-6-9(13)16/h3-5,14H,2,6H2,1H3,(H2,13,16)(H,15,17). The molecular formula is C11H14FN3O2. The molecule has 92 valence electrons. The van der Waals surface area contributed by atoms with E-state index >= 15 is 0 Å². The molecule has 0 radical (unpaired) electrons. The van der Waals surface area contributed by atoms with Crippen molar-refractivity contribution in [1.82, 2.24) is 5.32 Å². The summed E-state index contributed by atoms with van der Waals surface area (Å²) in [5.74, 6) is -1.71. The van der Waals surface area contributed by atoms with Crippen LogP contribution in [0.4, 0.5) is 10.1 Å². The van der Waals surface area contributed by atoms with Crippen LogP contribution >= 0.6 is 0 Å². The smallest absolute Gasteiger partial charge is 0.253 e. The molecule has 0 aliphatic rings. The van der Waals surface area contributed by atoms with Crippen LogP contribution in [0.2, 0.25) is 0 Å². The van der Waals surface area contributed by atoms with E-state index in [1.807, 2.05) is 0 Å². The van der Waals surface area contributed by atoms with Crippen molar-refractivity contribution in [3.63, 3.8) is 0 Å². The van der Waals surface area contributed by atoms with E-state index in [0.717, 1.165) is 0 Å². The van der Waals surface area contributed by atoms with Gasteiger partial charge in [0.25, 0.3) is 5.91 Å². The van der Waals surface area contributed by atoms with Crippen LogP contribution in [0.25, 0.3) is 0 Å². The van der Waals surface area contributed by atoms with E-state index < -0.39 is 17.6 Å². The number of halogens is 1. The average Bonchev–Trinajstić information content (AvgIpc) is 2.29. The van der Waals surface area contributed by atoms with E-state index in [9.17, 15) is 14.0 Å². The first-order valence-corrected chi connectivity index (χ1v) is 5.15. The van der Waals surface area contributed by atoms with Gasteiger partial charge in [-0.25, -0.2) is 4.39 Å². The molecule has 1 rings (SSSR count). The molecule has 1 aromatic carbocycles. The molecule has 17 heavy (non-hydrogen) atoms. The van der Waals surface area contributed by atoms with Gasteiger partial charge in [0.05, 0.1) is 17.8 Å². The van der Waals surface area contributed by atoms with Crippen LogP contribution in [-0.2, 0) is 4.79 Å². The fraction of sp³-hybridized carbons (Fsp3) is 0.273. The van der Waals surface area contributed by atoms with E-state index in [4.69, 9.17) is 5.73 Å². The lowest BCUT2D eigenvalue weighted by Gasteiger charge is -2.11. The molecule has 6 heteroatoms. The lowest BCUT2D eigenvalue weighted by atomic mass is 10.1. The minimum absolute atomic E-state index is 0.122. The molecular weight excluding hydrogens is 225 g/mol. The molecule has 0 unspecified atom stereocenters. The molecule has 0 aromatic heterocycles. The normalized spacial score (nSPS) is 9.76. The summed E-state index contributed by atoms with van der Waals surface area (Å²) >= 11 is 0. The lowest BCUT2D eigenvalue weighted by molar-refractivity contribution is -0.117. The Morgan fingerprint density at radius 2 is 2.12 bits per heavy atom.